The summed E-state index contributed by atoms with van der Waals surface area (Å²) in [6.45, 7) is 2.92. The maximum Gasteiger partial charge on any atom is 0.256 e. The lowest BCUT2D eigenvalue weighted by molar-refractivity contribution is -0.929. The van der Waals surface area contributed by atoms with Crippen molar-refractivity contribution in [2.75, 3.05) is 19.0 Å². The van der Waals surface area contributed by atoms with Crippen LogP contribution in [0.5, 0.6) is 11.5 Å². The van der Waals surface area contributed by atoms with Crippen molar-refractivity contribution in [2.45, 2.75) is 25.7 Å². The smallest absolute Gasteiger partial charge is 0.256 e. The number of hydrogen-bond donors (Lipinski definition) is 4. The summed E-state index contributed by atoms with van der Waals surface area (Å²) < 4.78 is 5.21. The maximum atomic E-state index is 13.0. The minimum atomic E-state index is -0.493. The van der Waals surface area contributed by atoms with Crippen molar-refractivity contribution < 1.29 is 19.5 Å². The first-order valence-corrected chi connectivity index (χ1v) is 10.9. The zero-order valence-electron chi connectivity index (χ0n) is 16.7. The molecule has 6 nitrogen and oxygen atoms in total. The van der Waals surface area contributed by atoms with Gasteiger partial charge in [-0.2, -0.15) is 0 Å². The molecule has 0 spiro atoms. The van der Waals surface area contributed by atoms with E-state index in [9.17, 15) is 9.90 Å². The Morgan fingerprint density at radius 2 is 2.00 bits per heavy atom. The molecule has 0 radical (unpaired) electrons. The van der Waals surface area contributed by atoms with Crippen molar-refractivity contribution in [1.82, 2.24) is 5.32 Å². The quantitative estimate of drug-likeness (QED) is 0.521. The number of methoxy groups -OCH3 is 1. The first-order chi connectivity index (χ1) is 14.6. The highest BCUT2D eigenvalue weighted by Gasteiger charge is 2.35. The van der Waals surface area contributed by atoms with Crippen molar-refractivity contribution in [3.05, 3.63) is 75.7 Å². The van der Waals surface area contributed by atoms with Gasteiger partial charge in [0, 0.05) is 17.5 Å². The van der Waals surface area contributed by atoms with E-state index in [1.54, 1.807) is 23.5 Å². The minimum absolute atomic E-state index is 0.0426. The molecule has 7 heteroatoms. The van der Waals surface area contributed by atoms with Crippen LogP contribution in [0.2, 0.25) is 0 Å². The zero-order valence-corrected chi connectivity index (χ0v) is 17.5. The zero-order chi connectivity index (χ0) is 20.7. The largest absolute Gasteiger partial charge is 0.504 e. The molecule has 4 N–H and O–H groups in total. The molecule has 0 bridgehead atoms. The van der Waals surface area contributed by atoms with Crippen LogP contribution >= 0.6 is 11.3 Å². The maximum absolute atomic E-state index is 13.0. The van der Waals surface area contributed by atoms with E-state index in [2.05, 4.69) is 34.9 Å². The van der Waals surface area contributed by atoms with E-state index >= 15 is 0 Å². The summed E-state index contributed by atoms with van der Waals surface area (Å²) in [5.41, 5.74) is 3.87. The van der Waals surface area contributed by atoms with Gasteiger partial charge in [-0.25, -0.2) is 0 Å². The lowest BCUT2D eigenvalue weighted by Crippen LogP contribution is -3.10. The third-order valence-electron chi connectivity index (χ3n) is 5.87. The van der Waals surface area contributed by atoms with Gasteiger partial charge >= 0.3 is 0 Å². The third kappa shape index (κ3) is 3.30. The van der Waals surface area contributed by atoms with E-state index in [0.29, 0.717) is 11.3 Å². The molecule has 0 fully saturated rings. The van der Waals surface area contributed by atoms with Gasteiger partial charge in [-0.3, -0.25) is 4.79 Å². The number of phenols is 1. The number of thiophene rings is 1. The third-order valence-corrected chi connectivity index (χ3v) is 7.03. The van der Waals surface area contributed by atoms with Gasteiger partial charge in [0.2, 0.25) is 0 Å². The SMILES string of the molecule is COc1cccc([C@@H]2NC(=O)c3c(sc4c3CC[NH+](Cc3ccccc3)C4)N2)c1O. The number of amides is 1. The van der Waals surface area contributed by atoms with Crippen LogP contribution in [0.1, 0.15) is 38.1 Å². The predicted octanol–water partition coefficient (Wildman–Crippen LogP) is 2.46. The molecule has 1 unspecified atom stereocenters. The molecule has 2 aromatic carbocycles. The highest BCUT2D eigenvalue weighted by atomic mass is 32.1. The molecule has 3 heterocycles. The number of quaternary nitrogens is 1. The Morgan fingerprint density at radius 1 is 1.17 bits per heavy atom. The fraction of sp³-hybridized carbons (Fsp3) is 0.261. The van der Waals surface area contributed by atoms with E-state index in [1.165, 1.54) is 28.0 Å². The molecule has 3 aromatic rings. The second-order valence-corrected chi connectivity index (χ2v) is 8.85. The number of carbonyl (C=O) groups excluding carboxylic acids is 1. The van der Waals surface area contributed by atoms with Crippen LogP contribution in [-0.4, -0.2) is 24.7 Å². The number of carbonyl (C=O) groups is 1. The number of anilines is 1. The second-order valence-electron chi connectivity index (χ2n) is 7.75. The molecule has 0 aliphatic carbocycles. The Hall–Kier alpha value is -3.03. The summed E-state index contributed by atoms with van der Waals surface area (Å²) in [5, 5.41) is 17.8. The average Bonchev–Trinajstić information content (AvgIpc) is 3.12. The van der Waals surface area contributed by atoms with Crippen LogP contribution in [0.4, 0.5) is 5.00 Å². The number of nitrogens with one attached hydrogen (secondary N) is 3. The second kappa shape index (κ2) is 7.66. The Labute approximate surface area is 179 Å². The van der Waals surface area contributed by atoms with Crippen LogP contribution in [0.3, 0.4) is 0 Å². The van der Waals surface area contributed by atoms with E-state index in [0.717, 1.165) is 36.6 Å². The molecule has 2 aliphatic rings. The summed E-state index contributed by atoms with van der Waals surface area (Å²) in [5.74, 6) is 0.348. The van der Waals surface area contributed by atoms with Gasteiger partial charge in [0.25, 0.3) is 5.91 Å². The number of phenolic OH excluding ortho intramolecular Hbond substituents is 1. The van der Waals surface area contributed by atoms with Gasteiger partial charge < -0.3 is 25.4 Å². The van der Waals surface area contributed by atoms with Crippen molar-refractivity contribution in [2.24, 2.45) is 0 Å². The van der Waals surface area contributed by atoms with Gasteiger partial charge in [0.05, 0.1) is 24.1 Å². The summed E-state index contributed by atoms with van der Waals surface area (Å²) in [4.78, 5) is 15.8. The Bertz CT molecular complexity index is 1100. The van der Waals surface area contributed by atoms with E-state index < -0.39 is 6.17 Å². The standard InChI is InChI=1S/C23H23N3O3S/c1-29-17-9-5-8-16(20(17)27)21-24-22(28)19-15-10-11-26(12-14-6-3-2-4-7-14)13-18(15)30-23(19)25-21/h2-9,21,25,27H,10-13H2,1H3,(H,24,28)/p+1/t21-/m1/s1. The predicted molar refractivity (Wildman–Crippen MR) is 116 cm³/mol. The molecule has 0 saturated carbocycles. The molecule has 30 heavy (non-hydrogen) atoms. The summed E-state index contributed by atoms with van der Waals surface area (Å²) in [6.07, 6.45) is 0.404. The van der Waals surface area contributed by atoms with Gasteiger partial charge in [-0.15, -0.1) is 11.3 Å². The summed E-state index contributed by atoms with van der Waals surface area (Å²) in [7, 11) is 1.51. The summed E-state index contributed by atoms with van der Waals surface area (Å²) >= 11 is 1.66. The van der Waals surface area contributed by atoms with Gasteiger partial charge in [0.1, 0.15) is 24.3 Å². The van der Waals surface area contributed by atoms with Crippen LogP contribution in [0.15, 0.2) is 48.5 Å². The van der Waals surface area contributed by atoms with Crippen LogP contribution < -0.4 is 20.3 Å². The van der Waals surface area contributed by atoms with Crippen molar-refractivity contribution in [1.29, 1.82) is 0 Å². The average molecular weight is 423 g/mol. The van der Waals surface area contributed by atoms with E-state index in [4.69, 9.17) is 4.74 Å². The number of para-hydroxylation sites is 1. The highest BCUT2D eigenvalue weighted by Crippen LogP contribution is 2.41. The first-order valence-electron chi connectivity index (χ1n) is 10.1. The lowest BCUT2D eigenvalue weighted by atomic mass is 9.99. The van der Waals surface area contributed by atoms with Crippen molar-refractivity contribution in [3.63, 3.8) is 0 Å². The molecular formula is C23H24N3O3S+. The molecular weight excluding hydrogens is 398 g/mol. The van der Waals surface area contributed by atoms with Crippen LogP contribution in [0.25, 0.3) is 0 Å². The molecule has 2 atom stereocenters. The molecule has 0 saturated heterocycles. The Balaban J connectivity index is 1.40. The van der Waals surface area contributed by atoms with Gasteiger partial charge in [-0.05, 0) is 11.6 Å². The summed E-state index contributed by atoms with van der Waals surface area (Å²) in [6, 6.07) is 15.8. The highest BCUT2D eigenvalue weighted by molar-refractivity contribution is 7.16. The van der Waals surface area contributed by atoms with Crippen molar-refractivity contribution >= 4 is 22.2 Å². The monoisotopic (exact) mass is 422 g/mol. The minimum Gasteiger partial charge on any atom is -0.504 e. The molecule has 1 amide bonds. The molecule has 2 aliphatic heterocycles. The number of hydrogen-bond acceptors (Lipinski definition) is 5. The van der Waals surface area contributed by atoms with E-state index in [1.807, 2.05) is 12.1 Å². The van der Waals surface area contributed by atoms with Gasteiger partial charge in [-0.1, -0.05) is 42.5 Å². The number of rotatable bonds is 4. The molecule has 1 aromatic heterocycles. The fourth-order valence-electron chi connectivity index (χ4n) is 4.38. The molecule has 5 rings (SSSR count). The molecule has 154 valence electrons. The Morgan fingerprint density at radius 3 is 2.80 bits per heavy atom. The number of benzene rings is 2. The topological polar surface area (TPSA) is 75.0 Å². The van der Waals surface area contributed by atoms with Gasteiger partial charge in [0.15, 0.2) is 11.5 Å². The van der Waals surface area contributed by atoms with Crippen molar-refractivity contribution in [3.8, 4) is 11.5 Å². The fourth-order valence-corrected chi connectivity index (χ4v) is 5.72. The Kier molecular flexibility index (Phi) is 4.84. The number of ether oxygens (including phenoxy) is 1. The van der Waals surface area contributed by atoms with Crippen LogP contribution in [0, 0.1) is 0 Å². The number of aromatic hydroxyl groups is 1. The first kappa shape index (κ1) is 19.0. The normalized spacial score (nSPS) is 20.0. The van der Waals surface area contributed by atoms with E-state index in [-0.39, 0.29) is 11.7 Å². The number of fused-ring (bicyclic) bond motifs is 3. The lowest BCUT2D eigenvalue weighted by Gasteiger charge is -2.28. The van der Waals surface area contributed by atoms with Crippen LogP contribution in [-0.2, 0) is 19.5 Å².